The average Bonchev–Trinajstić information content (AvgIpc) is 3.23. The predicted molar refractivity (Wildman–Crippen MR) is 87.3 cm³/mol. The number of rotatable bonds is 5. The Morgan fingerprint density at radius 1 is 1.19 bits per heavy atom. The number of nitrogens with zero attached hydrogens (tertiary/aromatic N) is 3. The van der Waals surface area contributed by atoms with Gasteiger partial charge in [0.15, 0.2) is 0 Å². The first-order valence-corrected chi connectivity index (χ1v) is 7.62. The molecule has 4 nitrogen and oxygen atoms in total. The van der Waals surface area contributed by atoms with Crippen LogP contribution in [0, 0.1) is 13.8 Å². The van der Waals surface area contributed by atoms with Crippen molar-refractivity contribution >= 4 is 17.5 Å². The quantitative estimate of drug-likeness (QED) is 0.905. The highest BCUT2D eigenvalue weighted by atomic mass is 15.2. The Labute approximate surface area is 126 Å². The van der Waals surface area contributed by atoms with Gasteiger partial charge in [-0.2, -0.15) is 4.98 Å². The average molecular weight is 282 g/mol. The Kier molecular flexibility index (Phi) is 3.78. The third-order valence-electron chi connectivity index (χ3n) is 3.66. The van der Waals surface area contributed by atoms with Crippen molar-refractivity contribution in [1.82, 2.24) is 9.97 Å². The van der Waals surface area contributed by atoms with Crippen LogP contribution in [0.1, 0.15) is 31.0 Å². The summed E-state index contributed by atoms with van der Waals surface area (Å²) in [5.74, 6) is 1.71. The summed E-state index contributed by atoms with van der Waals surface area (Å²) < 4.78 is 0. The number of nitrogens with one attached hydrogen (secondary N) is 1. The molecular formula is C17H22N4. The summed E-state index contributed by atoms with van der Waals surface area (Å²) >= 11 is 0. The SMILES string of the molecule is CCN(c1cccc(C)c1)c1cc(C)nc(NC2CC2)n1. The number of hydrogen-bond donors (Lipinski definition) is 1. The van der Waals surface area contributed by atoms with Crippen LogP contribution in [-0.4, -0.2) is 22.6 Å². The fourth-order valence-electron chi connectivity index (χ4n) is 2.44. The summed E-state index contributed by atoms with van der Waals surface area (Å²) in [6.07, 6.45) is 2.45. The molecule has 1 aromatic heterocycles. The molecule has 0 amide bonds. The third-order valence-corrected chi connectivity index (χ3v) is 3.66. The molecule has 21 heavy (non-hydrogen) atoms. The molecule has 4 heteroatoms. The topological polar surface area (TPSA) is 41.1 Å². The zero-order chi connectivity index (χ0) is 14.8. The lowest BCUT2D eigenvalue weighted by Crippen LogP contribution is -2.19. The van der Waals surface area contributed by atoms with Crippen LogP contribution in [-0.2, 0) is 0 Å². The van der Waals surface area contributed by atoms with E-state index in [0.29, 0.717) is 6.04 Å². The van der Waals surface area contributed by atoms with Gasteiger partial charge in [-0.3, -0.25) is 0 Å². The second-order valence-corrected chi connectivity index (χ2v) is 5.69. The molecule has 1 N–H and O–H groups in total. The smallest absolute Gasteiger partial charge is 0.225 e. The summed E-state index contributed by atoms with van der Waals surface area (Å²) in [7, 11) is 0. The molecule has 1 fully saturated rings. The molecular weight excluding hydrogens is 260 g/mol. The van der Waals surface area contributed by atoms with Crippen LogP contribution in [0.3, 0.4) is 0 Å². The Balaban J connectivity index is 1.93. The van der Waals surface area contributed by atoms with E-state index in [1.807, 2.05) is 13.0 Å². The molecule has 0 bridgehead atoms. The Morgan fingerprint density at radius 2 is 2.00 bits per heavy atom. The first-order valence-electron chi connectivity index (χ1n) is 7.62. The molecule has 1 aliphatic carbocycles. The second-order valence-electron chi connectivity index (χ2n) is 5.69. The number of benzene rings is 1. The highest BCUT2D eigenvalue weighted by Gasteiger charge is 2.22. The molecule has 110 valence electrons. The summed E-state index contributed by atoms with van der Waals surface area (Å²) in [6.45, 7) is 7.16. The van der Waals surface area contributed by atoms with Gasteiger partial charge in [-0.05, 0) is 51.3 Å². The first-order chi connectivity index (χ1) is 10.2. The molecule has 2 aromatic rings. The van der Waals surface area contributed by atoms with Crippen molar-refractivity contribution in [3.8, 4) is 0 Å². The van der Waals surface area contributed by atoms with Crippen molar-refractivity contribution in [3.63, 3.8) is 0 Å². The molecule has 0 unspecified atom stereocenters. The van der Waals surface area contributed by atoms with Crippen LogP contribution >= 0.6 is 0 Å². The van der Waals surface area contributed by atoms with E-state index in [9.17, 15) is 0 Å². The van der Waals surface area contributed by atoms with E-state index >= 15 is 0 Å². The number of aromatic nitrogens is 2. The number of anilines is 3. The summed E-state index contributed by atoms with van der Waals surface area (Å²) in [5, 5.41) is 3.39. The molecule has 0 saturated heterocycles. The maximum atomic E-state index is 4.69. The van der Waals surface area contributed by atoms with Gasteiger partial charge in [0.2, 0.25) is 5.95 Å². The van der Waals surface area contributed by atoms with Gasteiger partial charge in [-0.15, -0.1) is 0 Å². The van der Waals surface area contributed by atoms with Gasteiger partial charge in [-0.1, -0.05) is 12.1 Å². The van der Waals surface area contributed by atoms with Crippen molar-refractivity contribution in [3.05, 3.63) is 41.6 Å². The lowest BCUT2D eigenvalue weighted by Gasteiger charge is -2.23. The van der Waals surface area contributed by atoms with Crippen LogP contribution in [0.4, 0.5) is 17.5 Å². The zero-order valence-corrected chi connectivity index (χ0v) is 12.9. The highest BCUT2D eigenvalue weighted by Crippen LogP contribution is 2.27. The third kappa shape index (κ3) is 3.32. The minimum atomic E-state index is 0.564. The maximum Gasteiger partial charge on any atom is 0.225 e. The van der Waals surface area contributed by atoms with Gasteiger partial charge in [-0.25, -0.2) is 4.98 Å². The highest BCUT2D eigenvalue weighted by molar-refractivity contribution is 5.62. The van der Waals surface area contributed by atoms with Gasteiger partial charge in [0.05, 0.1) is 0 Å². The minimum absolute atomic E-state index is 0.564. The van der Waals surface area contributed by atoms with E-state index in [4.69, 9.17) is 4.98 Å². The molecule has 0 spiro atoms. The predicted octanol–water partition coefficient (Wildman–Crippen LogP) is 3.83. The lowest BCUT2D eigenvalue weighted by molar-refractivity contribution is 0.954. The van der Waals surface area contributed by atoms with Crippen LogP contribution < -0.4 is 10.2 Å². The standard InChI is InChI=1S/C17H22N4/c1-4-21(15-7-5-6-12(2)10-15)16-11-13(3)18-17(20-16)19-14-8-9-14/h5-7,10-11,14H,4,8-9H2,1-3H3,(H,18,19,20). The molecule has 1 heterocycles. The summed E-state index contributed by atoms with van der Waals surface area (Å²) in [4.78, 5) is 11.4. The number of hydrogen-bond acceptors (Lipinski definition) is 4. The Bertz CT molecular complexity index is 634. The molecule has 0 radical (unpaired) electrons. The number of aryl methyl sites for hydroxylation is 2. The minimum Gasteiger partial charge on any atom is -0.351 e. The van der Waals surface area contributed by atoms with Crippen LogP contribution in [0.25, 0.3) is 0 Å². The van der Waals surface area contributed by atoms with Gasteiger partial charge in [0, 0.05) is 30.0 Å². The van der Waals surface area contributed by atoms with Gasteiger partial charge < -0.3 is 10.2 Å². The molecule has 0 atom stereocenters. The van der Waals surface area contributed by atoms with Gasteiger partial charge in [0.1, 0.15) is 5.82 Å². The van der Waals surface area contributed by atoms with Crippen molar-refractivity contribution in [2.75, 3.05) is 16.8 Å². The Hall–Kier alpha value is -2.10. The van der Waals surface area contributed by atoms with E-state index < -0.39 is 0 Å². The van der Waals surface area contributed by atoms with Crippen molar-refractivity contribution in [2.24, 2.45) is 0 Å². The fraction of sp³-hybridized carbons (Fsp3) is 0.412. The van der Waals surface area contributed by atoms with E-state index in [-0.39, 0.29) is 0 Å². The van der Waals surface area contributed by atoms with E-state index in [1.165, 1.54) is 24.1 Å². The zero-order valence-electron chi connectivity index (χ0n) is 12.9. The normalized spacial score (nSPS) is 14.0. The molecule has 0 aliphatic heterocycles. The van der Waals surface area contributed by atoms with Crippen LogP contribution in [0.2, 0.25) is 0 Å². The van der Waals surface area contributed by atoms with E-state index in [2.05, 4.69) is 53.3 Å². The van der Waals surface area contributed by atoms with Gasteiger partial charge in [0.25, 0.3) is 0 Å². The van der Waals surface area contributed by atoms with E-state index in [1.54, 1.807) is 0 Å². The van der Waals surface area contributed by atoms with Crippen LogP contribution in [0.5, 0.6) is 0 Å². The molecule has 1 aliphatic rings. The van der Waals surface area contributed by atoms with E-state index in [0.717, 1.165) is 24.0 Å². The van der Waals surface area contributed by atoms with Crippen molar-refractivity contribution in [2.45, 2.75) is 39.7 Å². The largest absolute Gasteiger partial charge is 0.351 e. The van der Waals surface area contributed by atoms with Crippen LogP contribution in [0.15, 0.2) is 30.3 Å². The fourth-order valence-corrected chi connectivity index (χ4v) is 2.44. The molecule has 3 rings (SSSR count). The first kappa shape index (κ1) is 13.9. The molecule has 1 aromatic carbocycles. The van der Waals surface area contributed by atoms with Gasteiger partial charge >= 0.3 is 0 Å². The van der Waals surface area contributed by atoms with Crippen molar-refractivity contribution in [1.29, 1.82) is 0 Å². The summed E-state index contributed by atoms with van der Waals surface area (Å²) in [6, 6.07) is 11.1. The summed E-state index contributed by atoms with van der Waals surface area (Å²) in [5.41, 5.74) is 3.43. The Morgan fingerprint density at radius 3 is 2.67 bits per heavy atom. The monoisotopic (exact) mass is 282 g/mol. The second kappa shape index (κ2) is 5.72. The molecule has 1 saturated carbocycles. The lowest BCUT2D eigenvalue weighted by atomic mass is 10.2. The maximum absolute atomic E-state index is 4.69. The van der Waals surface area contributed by atoms with Crippen molar-refractivity contribution < 1.29 is 0 Å².